The third-order valence-corrected chi connectivity index (χ3v) is 6.11. The summed E-state index contributed by atoms with van der Waals surface area (Å²) in [6.45, 7) is 2.40. The van der Waals surface area contributed by atoms with Crippen molar-refractivity contribution in [2.45, 2.75) is 39.0 Å². The highest BCUT2D eigenvalue weighted by molar-refractivity contribution is 5.10. The Hall–Kier alpha value is -0.0800. The maximum Gasteiger partial charge on any atom is 0.0462 e. The van der Waals surface area contributed by atoms with Gasteiger partial charge in [0.2, 0.25) is 0 Å². The van der Waals surface area contributed by atoms with E-state index in [1.165, 1.54) is 19.3 Å². The van der Waals surface area contributed by atoms with Gasteiger partial charge < -0.3 is 10.2 Å². The fourth-order valence-corrected chi connectivity index (χ4v) is 5.91. The second-order valence-electron chi connectivity index (χ2n) is 6.64. The first-order valence-electron chi connectivity index (χ1n) is 7.51. The second-order valence-corrected chi connectivity index (χ2v) is 6.64. The molecule has 0 radical (unpaired) electrons. The molecule has 98 valence electrons. The van der Waals surface area contributed by atoms with Crippen molar-refractivity contribution in [3.8, 4) is 0 Å². The Morgan fingerprint density at radius 3 is 2.18 bits per heavy atom. The first-order valence-corrected chi connectivity index (χ1v) is 7.51. The van der Waals surface area contributed by atoms with Crippen molar-refractivity contribution in [2.24, 2.45) is 41.4 Å². The Labute approximate surface area is 104 Å². The second kappa shape index (κ2) is 4.55. The molecular weight excluding hydrogens is 212 g/mol. The molecule has 0 saturated heterocycles. The van der Waals surface area contributed by atoms with Crippen LogP contribution in [-0.4, -0.2) is 23.4 Å². The van der Waals surface area contributed by atoms with Crippen molar-refractivity contribution in [3.63, 3.8) is 0 Å². The van der Waals surface area contributed by atoms with Crippen molar-refractivity contribution in [2.75, 3.05) is 13.2 Å². The SMILES string of the molecule is CCO.OCC1CC2CC1C1C3CCC(C3)C21. The molecule has 0 heterocycles. The predicted molar refractivity (Wildman–Crippen MR) is 67.4 cm³/mol. The third kappa shape index (κ3) is 1.67. The quantitative estimate of drug-likeness (QED) is 0.688. The molecule has 4 bridgehead atoms. The summed E-state index contributed by atoms with van der Waals surface area (Å²) in [5.41, 5.74) is 0. The van der Waals surface area contributed by atoms with E-state index in [0.29, 0.717) is 12.5 Å². The highest BCUT2D eigenvalue weighted by atomic mass is 16.3. The summed E-state index contributed by atoms with van der Waals surface area (Å²) in [5, 5.41) is 16.9. The molecule has 0 aromatic carbocycles. The van der Waals surface area contributed by atoms with E-state index in [1.807, 2.05) is 0 Å². The van der Waals surface area contributed by atoms with Crippen LogP contribution in [0.2, 0.25) is 0 Å². The van der Waals surface area contributed by atoms with E-state index in [-0.39, 0.29) is 6.61 Å². The van der Waals surface area contributed by atoms with Crippen LogP contribution in [0, 0.1) is 41.4 Å². The fraction of sp³-hybridized carbons (Fsp3) is 1.00. The maximum absolute atomic E-state index is 9.38. The lowest BCUT2D eigenvalue weighted by Gasteiger charge is -2.38. The Kier molecular flexibility index (Phi) is 3.20. The topological polar surface area (TPSA) is 40.5 Å². The van der Waals surface area contributed by atoms with Gasteiger partial charge in [-0.25, -0.2) is 0 Å². The first-order chi connectivity index (χ1) is 8.30. The van der Waals surface area contributed by atoms with Crippen molar-refractivity contribution < 1.29 is 10.2 Å². The molecule has 0 aliphatic heterocycles. The fourth-order valence-electron chi connectivity index (χ4n) is 5.91. The average molecular weight is 238 g/mol. The van der Waals surface area contributed by atoms with Crippen LogP contribution in [0.1, 0.15) is 39.0 Å². The highest BCUT2D eigenvalue weighted by Crippen LogP contribution is 2.68. The van der Waals surface area contributed by atoms with Crippen molar-refractivity contribution in [1.82, 2.24) is 0 Å². The molecule has 0 spiro atoms. The molecule has 4 aliphatic carbocycles. The van der Waals surface area contributed by atoms with Crippen LogP contribution in [-0.2, 0) is 0 Å². The van der Waals surface area contributed by atoms with Crippen LogP contribution in [0.5, 0.6) is 0 Å². The lowest BCUT2D eigenvalue weighted by atomic mass is 9.68. The Balaban J connectivity index is 0.000000276. The van der Waals surface area contributed by atoms with Gasteiger partial charge in [-0.2, -0.15) is 0 Å². The van der Waals surface area contributed by atoms with E-state index in [1.54, 1.807) is 19.8 Å². The van der Waals surface area contributed by atoms with Crippen LogP contribution in [0.15, 0.2) is 0 Å². The molecule has 4 rings (SSSR count). The van der Waals surface area contributed by atoms with Crippen LogP contribution in [0.4, 0.5) is 0 Å². The normalized spacial score (nSPS) is 53.5. The van der Waals surface area contributed by atoms with Crippen LogP contribution >= 0.6 is 0 Å². The highest BCUT2D eigenvalue weighted by Gasteiger charge is 2.61. The summed E-state index contributed by atoms with van der Waals surface area (Å²) in [4.78, 5) is 0. The van der Waals surface area contributed by atoms with Gasteiger partial charge in [-0.3, -0.25) is 0 Å². The summed E-state index contributed by atoms with van der Waals surface area (Å²) in [6.07, 6.45) is 7.46. The molecule has 2 heteroatoms. The minimum absolute atomic E-state index is 0.250. The standard InChI is InChI=1S/C13H20O.C2H6O/c14-6-10-4-9-5-11(10)13-8-2-1-7(3-8)12(9)13;1-2-3/h7-14H,1-6H2;3H,2H2,1H3. The molecule has 17 heavy (non-hydrogen) atoms. The zero-order valence-electron chi connectivity index (χ0n) is 10.9. The minimum Gasteiger partial charge on any atom is -0.397 e. The van der Waals surface area contributed by atoms with Gasteiger partial charge in [0.05, 0.1) is 0 Å². The summed E-state index contributed by atoms with van der Waals surface area (Å²) in [7, 11) is 0. The molecular formula is C15H26O2. The molecule has 4 aliphatic rings. The molecule has 4 fully saturated rings. The lowest BCUT2D eigenvalue weighted by molar-refractivity contribution is 0.0718. The third-order valence-electron chi connectivity index (χ3n) is 6.11. The number of aliphatic hydroxyl groups excluding tert-OH is 2. The van der Waals surface area contributed by atoms with Gasteiger partial charge in [-0.05, 0) is 80.5 Å². The van der Waals surface area contributed by atoms with Gasteiger partial charge in [0, 0.05) is 13.2 Å². The summed E-state index contributed by atoms with van der Waals surface area (Å²) >= 11 is 0. The van der Waals surface area contributed by atoms with Crippen LogP contribution in [0.25, 0.3) is 0 Å². The van der Waals surface area contributed by atoms with Gasteiger partial charge in [0.15, 0.2) is 0 Å². The number of hydrogen-bond donors (Lipinski definition) is 2. The van der Waals surface area contributed by atoms with Crippen LogP contribution in [0.3, 0.4) is 0 Å². The number of hydrogen-bond acceptors (Lipinski definition) is 2. The van der Waals surface area contributed by atoms with E-state index in [9.17, 15) is 5.11 Å². The Morgan fingerprint density at radius 2 is 1.53 bits per heavy atom. The van der Waals surface area contributed by atoms with E-state index >= 15 is 0 Å². The molecule has 0 amide bonds. The molecule has 0 aromatic rings. The zero-order chi connectivity index (χ0) is 12.0. The summed E-state index contributed by atoms with van der Waals surface area (Å²) in [6, 6.07) is 0. The van der Waals surface area contributed by atoms with Gasteiger partial charge in [-0.1, -0.05) is 0 Å². The number of fused-ring (bicyclic) bond motifs is 9. The smallest absolute Gasteiger partial charge is 0.0462 e. The summed E-state index contributed by atoms with van der Waals surface area (Å²) in [5.74, 6) is 7.02. The van der Waals surface area contributed by atoms with Gasteiger partial charge in [-0.15, -0.1) is 0 Å². The van der Waals surface area contributed by atoms with E-state index in [0.717, 1.165) is 35.5 Å². The van der Waals surface area contributed by atoms with Crippen molar-refractivity contribution in [1.29, 1.82) is 0 Å². The van der Waals surface area contributed by atoms with Gasteiger partial charge >= 0.3 is 0 Å². The Morgan fingerprint density at radius 1 is 0.882 bits per heavy atom. The molecule has 4 saturated carbocycles. The van der Waals surface area contributed by atoms with Gasteiger partial charge in [0.1, 0.15) is 0 Å². The monoisotopic (exact) mass is 238 g/mol. The van der Waals surface area contributed by atoms with E-state index in [4.69, 9.17) is 5.11 Å². The zero-order valence-corrected chi connectivity index (χ0v) is 10.9. The minimum atomic E-state index is 0.250. The van der Waals surface area contributed by atoms with E-state index < -0.39 is 0 Å². The summed E-state index contributed by atoms with van der Waals surface area (Å²) < 4.78 is 0. The molecule has 7 unspecified atom stereocenters. The maximum atomic E-state index is 9.38. The van der Waals surface area contributed by atoms with Crippen LogP contribution < -0.4 is 0 Å². The first kappa shape index (κ1) is 12.0. The van der Waals surface area contributed by atoms with Gasteiger partial charge in [0.25, 0.3) is 0 Å². The lowest BCUT2D eigenvalue weighted by Crippen LogP contribution is -2.33. The predicted octanol–water partition coefficient (Wildman–Crippen LogP) is 2.30. The molecule has 0 aromatic heterocycles. The number of rotatable bonds is 1. The largest absolute Gasteiger partial charge is 0.397 e. The van der Waals surface area contributed by atoms with Crippen molar-refractivity contribution in [3.05, 3.63) is 0 Å². The average Bonchev–Trinajstić information content (AvgIpc) is 3.07. The van der Waals surface area contributed by atoms with E-state index in [2.05, 4.69) is 0 Å². The molecule has 7 atom stereocenters. The Bertz CT molecular complexity index is 278. The van der Waals surface area contributed by atoms with Crippen molar-refractivity contribution >= 4 is 0 Å². The molecule has 2 nitrogen and oxygen atoms in total. The number of aliphatic hydroxyl groups is 2. The molecule has 2 N–H and O–H groups in total.